The van der Waals surface area contributed by atoms with Gasteiger partial charge in [0.15, 0.2) is 5.78 Å². The Balaban J connectivity index is 3.31. The van der Waals surface area contributed by atoms with E-state index in [1.54, 1.807) is 0 Å². The predicted octanol–water partition coefficient (Wildman–Crippen LogP) is 4.79. The fraction of sp³-hybridized carbons (Fsp3) is 0.364. The zero-order chi connectivity index (χ0) is 15.6. The van der Waals surface area contributed by atoms with Gasteiger partial charge in [0.05, 0.1) is 5.56 Å². The van der Waals surface area contributed by atoms with Crippen molar-refractivity contribution < 1.29 is 35.9 Å². The van der Waals surface area contributed by atoms with Crippen LogP contribution < -0.4 is 4.74 Å². The third-order valence-electron chi connectivity index (χ3n) is 2.04. The molecule has 0 radical (unpaired) electrons. The first-order chi connectivity index (χ1) is 9.03. The van der Waals surface area contributed by atoms with E-state index in [0.29, 0.717) is 0 Å². The van der Waals surface area contributed by atoms with Gasteiger partial charge >= 0.3 is 11.9 Å². The van der Waals surface area contributed by atoms with Crippen molar-refractivity contribution in [3.8, 4) is 5.75 Å². The molecule has 20 heavy (non-hydrogen) atoms. The number of carbonyl (C=O) groups is 1. The number of rotatable bonds is 4. The van der Waals surface area contributed by atoms with Crippen LogP contribution in [0.15, 0.2) is 23.1 Å². The Morgan fingerprint density at radius 1 is 1.20 bits per heavy atom. The molecule has 0 aliphatic heterocycles. The van der Waals surface area contributed by atoms with Gasteiger partial charge in [0.1, 0.15) is 5.75 Å². The summed E-state index contributed by atoms with van der Waals surface area (Å²) in [6.07, 6.45) is -5.34. The Bertz CT molecular complexity index is 460. The summed E-state index contributed by atoms with van der Waals surface area (Å²) < 4.78 is 77.2. The van der Waals surface area contributed by atoms with Crippen molar-refractivity contribution in [2.45, 2.75) is 30.1 Å². The molecule has 0 amide bonds. The zero-order valence-electron chi connectivity index (χ0n) is 9.93. The van der Waals surface area contributed by atoms with E-state index in [9.17, 15) is 31.1 Å². The molecule has 0 spiro atoms. The minimum absolute atomic E-state index is 0.246. The highest BCUT2D eigenvalue weighted by molar-refractivity contribution is 8.00. The van der Waals surface area contributed by atoms with E-state index in [1.165, 1.54) is 6.92 Å². The van der Waals surface area contributed by atoms with Gasteiger partial charge in [0, 0.05) is 11.3 Å². The summed E-state index contributed by atoms with van der Waals surface area (Å²) in [7, 11) is 0. The summed E-state index contributed by atoms with van der Waals surface area (Å²) >= 11 is -0.657. The number of Topliss-reactive ketones (excluding diaryl/α,β-unsaturated/α-hetero) is 1. The van der Waals surface area contributed by atoms with Crippen LogP contribution in [0, 0.1) is 0 Å². The van der Waals surface area contributed by atoms with Gasteiger partial charge in [-0.25, -0.2) is 0 Å². The zero-order valence-corrected chi connectivity index (χ0v) is 10.7. The molecule has 0 heterocycles. The Morgan fingerprint density at radius 2 is 1.80 bits per heavy atom. The number of carbonyl (C=O) groups excluding carboxylic acids is 1. The van der Waals surface area contributed by atoms with E-state index >= 15 is 0 Å². The maximum absolute atomic E-state index is 12.3. The van der Waals surface area contributed by atoms with Crippen molar-refractivity contribution in [3.63, 3.8) is 0 Å². The van der Waals surface area contributed by atoms with Gasteiger partial charge in [0.2, 0.25) is 0 Å². The topological polar surface area (TPSA) is 26.3 Å². The van der Waals surface area contributed by atoms with Crippen molar-refractivity contribution >= 4 is 17.5 Å². The summed E-state index contributed by atoms with van der Waals surface area (Å²) in [6, 6.07) is 2.68. The maximum atomic E-state index is 12.3. The van der Waals surface area contributed by atoms with Crippen LogP contribution in [0.1, 0.15) is 23.7 Å². The molecule has 112 valence electrons. The lowest BCUT2D eigenvalue weighted by molar-refractivity contribution is -0.274. The molecule has 0 fully saturated rings. The van der Waals surface area contributed by atoms with Crippen molar-refractivity contribution in [1.29, 1.82) is 0 Å². The first kappa shape index (κ1) is 16.7. The van der Waals surface area contributed by atoms with E-state index in [4.69, 9.17) is 0 Å². The molecule has 9 heteroatoms. The largest absolute Gasteiger partial charge is 0.573 e. The number of halogens is 6. The number of ether oxygens (including phenoxy) is 1. The molecule has 0 saturated carbocycles. The van der Waals surface area contributed by atoms with Gasteiger partial charge in [-0.15, -0.1) is 13.2 Å². The molecule has 1 rings (SSSR count). The Morgan fingerprint density at radius 3 is 2.25 bits per heavy atom. The van der Waals surface area contributed by atoms with Crippen LogP contribution in [-0.2, 0) is 0 Å². The lowest BCUT2D eigenvalue weighted by Gasteiger charge is -2.16. The number of thioether (sulfide) groups is 1. The van der Waals surface area contributed by atoms with Crippen molar-refractivity contribution in [2.24, 2.45) is 0 Å². The second kappa shape index (κ2) is 5.94. The molecule has 0 atom stereocenters. The highest BCUT2D eigenvalue weighted by Gasteiger charge is 2.36. The standard InChI is InChI=1S/C11H8F6O2S/c1-2-6(18)9-7(19-10(12,13)14)4-3-5-8(9)20-11(15,16)17/h3-5H,2H2,1H3. The first-order valence-electron chi connectivity index (χ1n) is 5.21. The number of alkyl halides is 6. The molecule has 0 aromatic heterocycles. The van der Waals surface area contributed by atoms with E-state index in [-0.39, 0.29) is 6.42 Å². The number of ketones is 1. The SMILES string of the molecule is CCC(=O)c1c(OC(F)(F)F)cccc1SC(F)(F)F. The number of hydrogen-bond donors (Lipinski definition) is 0. The second-order valence-corrected chi connectivity index (χ2v) is 4.61. The predicted molar refractivity (Wildman–Crippen MR) is 59.7 cm³/mol. The van der Waals surface area contributed by atoms with E-state index in [2.05, 4.69) is 4.74 Å². The molecular weight excluding hydrogens is 310 g/mol. The fourth-order valence-corrected chi connectivity index (χ4v) is 2.09. The normalized spacial score (nSPS) is 12.3. The van der Waals surface area contributed by atoms with Crippen LogP contribution in [0.4, 0.5) is 26.3 Å². The van der Waals surface area contributed by atoms with Crippen LogP contribution in [0.2, 0.25) is 0 Å². The lowest BCUT2D eigenvalue weighted by Crippen LogP contribution is -2.19. The van der Waals surface area contributed by atoms with Gasteiger partial charge in [-0.05, 0) is 23.9 Å². The second-order valence-electron chi connectivity index (χ2n) is 3.50. The summed E-state index contributed by atoms with van der Waals surface area (Å²) in [5, 5.41) is 0. The third kappa shape index (κ3) is 4.95. The smallest absolute Gasteiger partial charge is 0.405 e. The summed E-state index contributed by atoms with van der Waals surface area (Å²) in [6.45, 7) is 1.33. The van der Waals surface area contributed by atoms with Gasteiger partial charge < -0.3 is 4.74 Å². The van der Waals surface area contributed by atoms with Crippen LogP contribution >= 0.6 is 11.8 Å². The number of hydrogen-bond acceptors (Lipinski definition) is 3. The highest BCUT2D eigenvalue weighted by atomic mass is 32.2. The Hall–Kier alpha value is -1.38. The molecule has 1 aromatic carbocycles. The molecule has 0 bridgehead atoms. The van der Waals surface area contributed by atoms with E-state index in [1.807, 2.05) is 0 Å². The molecular formula is C11H8F6O2S. The molecule has 0 saturated heterocycles. The monoisotopic (exact) mass is 318 g/mol. The molecule has 2 nitrogen and oxygen atoms in total. The molecule has 0 aliphatic carbocycles. The summed E-state index contributed by atoms with van der Waals surface area (Å²) in [5.74, 6) is -1.80. The number of benzene rings is 1. The molecule has 0 unspecified atom stereocenters. The van der Waals surface area contributed by atoms with Crippen LogP contribution in [-0.4, -0.2) is 17.7 Å². The van der Waals surface area contributed by atoms with Gasteiger partial charge in [0.25, 0.3) is 0 Å². The van der Waals surface area contributed by atoms with Crippen molar-refractivity contribution in [1.82, 2.24) is 0 Å². The summed E-state index contributed by atoms with van der Waals surface area (Å²) in [4.78, 5) is 11.0. The van der Waals surface area contributed by atoms with E-state index in [0.717, 1.165) is 18.2 Å². The minimum Gasteiger partial charge on any atom is -0.405 e. The molecule has 0 N–H and O–H groups in total. The third-order valence-corrected chi connectivity index (χ3v) is 2.83. The lowest BCUT2D eigenvalue weighted by atomic mass is 10.1. The van der Waals surface area contributed by atoms with Crippen molar-refractivity contribution in [3.05, 3.63) is 23.8 Å². The van der Waals surface area contributed by atoms with Crippen LogP contribution in [0.3, 0.4) is 0 Å². The molecule has 0 aliphatic rings. The quantitative estimate of drug-likeness (QED) is 0.453. The Kier molecular flexibility index (Phi) is 4.95. The highest BCUT2D eigenvalue weighted by Crippen LogP contribution is 2.42. The fourth-order valence-electron chi connectivity index (χ4n) is 1.38. The maximum Gasteiger partial charge on any atom is 0.573 e. The average molecular weight is 318 g/mol. The Labute approximate surface area is 114 Å². The molecule has 1 aromatic rings. The van der Waals surface area contributed by atoms with Gasteiger partial charge in [-0.2, -0.15) is 13.2 Å². The van der Waals surface area contributed by atoms with Crippen LogP contribution in [0.5, 0.6) is 5.75 Å². The van der Waals surface area contributed by atoms with E-state index < -0.39 is 45.6 Å². The van der Waals surface area contributed by atoms with Gasteiger partial charge in [-0.3, -0.25) is 4.79 Å². The summed E-state index contributed by atoms with van der Waals surface area (Å²) in [5.41, 5.74) is -5.44. The van der Waals surface area contributed by atoms with Crippen molar-refractivity contribution in [2.75, 3.05) is 0 Å². The van der Waals surface area contributed by atoms with Crippen LogP contribution in [0.25, 0.3) is 0 Å². The average Bonchev–Trinajstić information content (AvgIpc) is 2.24. The first-order valence-corrected chi connectivity index (χ1v) is 6.03. The minimum atomic E-state index is -5.09. The van der Waals surface area contributed by atoms with Gasteiger partial charge in [-0.1, -0.05) is 13.0 Å².